The first-order valence-corrected chi connectivity index (χ1v) is 7.86. The largest absolute Gasteiger partial charge is 0.481 e. The second-order valence-electron chi connectivity index (χ2n) is 6.08. The van der Waals surface area contributed by atoms with Crippen LogP contribution in [-0.4, -0.2) is 25.3 Å². The summed E-state index contributed by atoms with van der Waals surface area (Å²) in [4.78, 5) is 23.1. The highest BCUT2D eigenvalue weighted by atomic mass is 16.4. The zero-order valence-corrected chi connectivity index (χ0v) is 13.6. The Balaban J connectivity index is 1.97. The van der Waals surface area contributed by atoms with Crippen molar-refractivity contribution >= 4 is 11.5 Å². The number of aliphatic carboxylic acids is 1. The second-order valence-corrected chi connectivity index (χ2v) is 6.08. The average molecular weight is 325 g/mol. The van der Waals surface area contributed by atoms with Gasteiger partial charge in [0.15, 0.2) is 0 Å². The van der Waals surface area contributed by atoms with E-state index in [1.165, 1.54) is 14.6 Å². The van der Waals surface area contributed by atoms with Crippen LogP contribution in [0.3, 0.4) is 0 Å². The molecule has 1 aromatic carbocycles. The lowest BCUT2D eigenvalue weighted by Crippen LogP contribution is -2.22. The van der Waals surface area contributed by atoms with Crippen LogP contribution >= 0.6 is 0 Å². The molecule has 0 aliphatic rings. The molecule has 24 heavy (non-hydrogen) atoms. The molecular weight excluding hydrogens is 306 g/mol. The van der Waals surface area contributed by atoms with Crippen molar-refractivity contribution in [2.75, 3.05) is 0 Å². The molecule has 0 spiro atoms. The van der Waals surface area contributed by atoms with E-state index in [9.17, 15) is 9.59 Å². The van der Waals surface area contributed by atoms with Crippen LogP contribution in [0.5, 0.6) is 0 Å². The van der Waals surface area contributed by atoms with E-state index in [2.05, 4.69) is 31.1 Å². The van der Waals surface area contributed by atoms with Gasteiger partial charge in [0.1, 0.15) is 5.52 Å². The molecule has 0 aliphatic carbocycles. The first-order chi connectivity index (χ1) is 11.5. The maximum atomic E-state index is 12.4. The molecule has 0 unspecified atom stereocenters. The molecule has 3 aromatic rings. The highest BCUT2D eigenvalue weighted by molar-refractivity contribution is 5.67. The number of carbonyl (C=O) groups is 1. The Hall–Kier alpha value is -2.89. The van der Waals surface area contributed by atoms with E-state index in [4.69, 9.17) is 5.11 Å². The molecule has 0 atom stereocenters. The number of carboxylic acid groups (broad SMARTS) is 1. The van der Waals surface area contributed by atoms with Crippen molar-refractivity contribution in [1.82, 2.24) is 14.2 Å². The molecule has 2 aromatic heterocycles. The number of rotatable bonds is 5. The van der Waals surface area contributed by atoms with Crippen molar-refractivity contribution in [3.05, 3.63) is 58.6 Å². The zero-order valence-electron chi connectivity index (χ0n) is 13.6. The molecule has 0 fully saturated rings. The van der Waals surface area contributed by atoms with Gasteiger partial charge in [0.2, 0.25) is 0 Å². The first-order valence-electron chi connectivity index (χ1n) is 7.86. The van der Waals surface area contributed by atoms with Gasteiger partial charge in [0.25, 0.3) is 5.56 Å². The molecule has 0 bridgehead atoms. The summed E-state index contributed by atoms with van der Waals surface area (Å²) in [5.41, 5.74) is 3.11. The predicted molar refractivity (Wildman–Crippen MR) is 91.2 cm³/mol. The third kappa shape index (κ3) is 3.08. The Morgan fingerprint density at radius 3 is 2.54 bits per heavy atom. The van der Waals surface area contributed by atoms with Crippen molar-refractivity contribution in [2.24, 2.45) is 0 Å². The fourth-order valence-electron chi connectivity index (χ4n) is 2.60. The molecule has 0 amide bonds. The van der Waals surface area contributed by atoms with E-state index in [0.29, 0.717) is 11.4 Å². The van der Waals surface area contributed by atoms with Gasteiger partial charge in [-0.05, 0) is 17.5 Å². The van der Waals surface area contributed by atoms with Crippen LogP contribution in [0.1, 0.15) is 31.7 Å². The minimum Gasteiger partial charge on any atom is -0.481 e. The number of hydrogen-bond donors (Lipinski definition) is 1. The van der Waals surface area contributed by atoms with Gasteiger partial charge in [-0.15, -0.1) is 0 Å². The van der Waals surface area contributed by atoms with Crippen molar-refractivity contribution in [2.45, 2.75) is 32.7 Å². The van der Waals surface area contributed by atoms with Gasteiger partial charge in [-0.1, -0.05) is 38.1 Å². The van der Waals surface area contributed by atoms with Gasteiger partial charge >= 0.3 is 5.97 Å². The molecular formula is C18H19N3O3. The number of nitrogens with zero attached hydrogens (tertiary/aromatic N) is 3. The topological polar surface area (TPSA) is 76.6 Å². The highest BCUT2D eigenvalue weighted by Crippen LogP contribution is 2.22. The fourth-order valence-corrected chi connectivity index (χ4v) is 2.60. The standard InChI is InChI=1S/C18H19N3O3/c1-12(2)13-3-5-14(6-4-13)15-11-16-18(24)20(8-7-17(22)23)9-10-21(16)19-15/h3-6,9-12H,7-8H2,1-2H3,(H,22,23). The van der Waals surface area contributed by atoms with Gasteiger partial charge in [0, 0.05) is 24.5 Å². The fraction of sp³-hybridized carbons (Fsp3) is 0.278. The minimum atomic E-state index is -0.929. The van der Waals surface area contributed by atoms with E-state index >= 15 is 0 Å². The second kappa shape index (κ2) is 6.31. The monoisotopic (exact) mass is 325 g/mol. The van der Waals surface area contributed by atoms with E-state index < -0.39 is 5.97 Å². The summed E-state index contributed by atoms with van der Waals surface area (Å²) in [6, 6.07) is 9.87. The smallest absolute Gasteiger partial charge is 0.305 e. The summed E-state index contributed by atoms with van der Waals surface area (Å²) in [6.45, 7) is 4.42. The third-order valence-corrected chi connectivity index (χ3v) is 4.04. The van der Waals surface area contributed by atoms with Crippen LogP contribution in [0.4, 0.5) is 0 Å². The lowest BCUT2D eigenvalue weighted by Gasteiger charge is -2.05. The highest BCUT2D eigenvalue weighted by Gasteiger charge is 2.10. The van der Waals surface area contributed by atoms with Gasteiger partial charge in [0.05, 0.1) is 12.1 Å². The number of carboxylic acids is 1. The van der Waals surface area contributed by atoms with Crippen LogP contribution in [0.15, 0.2) is 47.5 Å². The van der Waals surface area contributed by atoms with E-state index in [1.807, 2.05) is 12.1 Å². The van der Waals surface area contributed by atoms with Gasteiger partial charge in [-0.2, -0.15) is 5.10 Å². The number of benzene rings is 1. The first kappa shape index (κ1) is 16.0. The molecule has 6 heteroatoms. The third-order valence-electron chi connectivity index (χ3n) is 4.04. The summed E-state index contributed by atoms with van der Waals surface area (Å²) in [7, 11) is 0. The number of aromatic nitrogens is 3. The van der Waals surface area contributed by atoms with E-state index in [1.54, 1.807) is 18.5 Å². The minimum absolute atomic E-state index is 0.0895. The van der Waals surface area contributed by atoms with Gasteiger partial charge in [-0.25, -0.2) is 4.52 Å². The van der Waals surface area contributed by atoms with Crippen LogP contribution in [0, 0.1) is 0 Å². The summed E-state index contributed by atoms with van der Waals surface area (Å²) in [5.74, 6) is -0.470. The average Bonchev–Trinajstić information content (AvgIpc) is 2.99. The van der Waals surface area contributed by atoms with Crippen molar-refractivity contribution < 1.29 is 9.90 Å². The number of fused-ring (bicyclic) bond motifs is 1. The molecule has 124 valence electrons. The van der Waals surface area contributed by atoms with Crippen LogP contribution in [0.25, 0.3) is 16.8 Å². The van der Waals surface area contributed by atoms with Crippen LogP contribution < -0.4 is 5.56 Å². The van der Waals surface area contributed by atoms with Crippen molar-refractivity contribution in [3.63, 3.8) is 0 Å². The molecule has 0 saturated heterocycles. The van der Waals surface area contributed by atoms with E-state index in [0.717, 1.165) is 11.3 Å². The Morgan fingerprint density at radius 1 is 1.21 bits per heavy atom. The van der Waals surface area contributed by atoms with Crippen LogP contribution in [-0.2, 0) is 11.3 Å². The Labute approximate surface area is 139 Å². The van der Waals surface area contributed by atoms with Gasteiger partial charge < -0.3 is 9.67 Å². The zero-order chi connectivity index (χ0) is 17.3. The maximum Gasteiger partial charge on any atom is 0.305 e. The summed E-state index contributed by atoms with van der Waals surface area (Å²) < 4.78 is 2.93. The van der Waals surface area contributed by atoms with Crippen molar-refractivity contribution in [3.8, 4) is 11.3 Å². The molecule has 3 rings (SSSR count). The summed E-state index contributed by atoms with van der Waals surface area (Å²) in [5, 5.41) is 13.2. The van der Waals surface area contributed by atoms with Crippen molar-refractivity contribution in [1.29, 1.82) is 0 Å². The molecule has 2 heterocycles. The Kier molecular flexibility index (Phi) is 4.20. The maximum absolute atomic E-state index is 12.4. The molecule has 0 saturated carbocycles. The lowest BCUT2D eigenvalue weighted by molar-refractivity contribution is -0.137. The molecule has 0 aliphatic heterocycles. The molecule has 6 nitrogen and oxygen atoms in total. The summed E-state index contributed by atoms with van der Waals surface area (Å²) >= 11 is 0. The van der Waals surface area contributed by atoms with Crippen LogP contribution in [0.2, 0.25) is 0 Å². The Morgan fingerprint density at radius 2 is 1.92 bits per heavy atom. The quantitative estimate of drug-likeness (QED) is 0.782. The predicted octanol–water partition coefficient (Wildman–Crippen LogP) is 2.76. The molecule has 0 radical (unpaired) electrons. The van der Waals surface area contributed by atoms with Gasteiger partial charge in [-0.3, -0.25) is 9.59 Å². The number of hydrogen-bond acceptors (Lipinski definition) is 3. The summed E-state index contributed by atoms with van der Waals surface area (Å²) in [6.07, 6.45) is 3.15. The SMILES string of the molecule is CC(C)c1ccc(-c2cc3c(=O)n(CCC(=O)O)ccn3n2)cc1. The Bertz CT molecular complexity index is 936. The lowest BCUT2D eigenvalue weighted by atomic mass is 10.0. The molecule has 1 N–H and O–H groups in total. The van der Waals surface area contributed by atoms with E-state index in [-0.39, 0.29) is 18.5 Å². The normalized spacial score (nSPS) is 11.3. The number of aryl methyl sites for hydroxylation is 1.